The molecule has 5 nitrogen and oxygen atoms in total. The van der Waals surface area contributed by atoms with Crippen molar-refractivity contribution in [1.29, 1.82) is 0 Å². The Bertz CT molecular complexity index is 874. The standard InChI is InChI=1S/C19H18FN3O2/c1-23(18(25)10-14-4-2-3-5-17(14)24)12-15-11-21-22-19(15)13-6-8-16(20)9-7-13/h2-9,11,24H,10,12H2,1H3,(H,21,22). The minimum absolute atomic E-state index is 0.111. The summed E-state index contributed by atoms with van der Waals surface area (Å²) in [6.45, 7) is 0.357. The zero-order valence-corrected chi connectivity index (χ0v) is 13.7. The normalized spacial score (nSPS) is 10.6. The van der Waals surface area contributed by atoms with E-state index in [1.165, 1.54) is 12.1 Å². The number of carbonyl (C=O) groups is 1. The highest BCUT2D eigenvalue weighted by Crippen LogP contribution is 2.23. The van der Waals surface area contributed by atoms with E-state index in [4.69, 9.17) is 0 Å². The van der Waals surface area contributed by atoms with Gasteiger partial charge in [-0.1, -0.05) is 18.2 Å². The van der Waals surface area contributed by atoms with Crippen molar-refractivity contribution in [1.82, 2.24) is 15.1 Å². The molecule has 1 aromatic heterocycles. The smallest absolute Gasteiger partial charge is 0.227 e. The number of aromatic hydroxyl groups is 1. The van der Waals surface area contributed by atoms with Gasteiger partial charge in [0.05, 0.1) is 18.3 Å². The third-order valence-electron chi connectivity index (χ3n) is 4.02. The summed E-state index contributed by atoms with van der Waals surface area (Å²) in [5, 5.41) is 16.7. The number of aromatic nitrogens is 2. The van der Waals surface area contributed by atoms with E-state index in [2.05, 4.69) is 10.2 Å². The molecule has 3 rings (SSSR count). The van der Waals surface area contributed by atoms with Crippen LogP contribution in [0.15, 0.2) is 54.7 Å². The molecule has 0 unspecified atom stereocenters. The zero-order chi connectivity index (χ0) is 17.8. The number of aromatic amines is 1. The van der Waals surface area contributed by atoms with E-state index in [1.807, 2.05) is 0 Å². The van der Waals surface area contributed by atoms with Gasteiger partial charge in [0.1, 0.15) is 11.6 Å². The van der Waals surface area contributed by atoms with E-state index in [-0.39, 0.29) is 23.9 Å². The Morgan fingerprint density at radius 2 is 1.88 bits per heavy atom. The van der Waals surface area contributed by atoms with E-state index in [1.54, 1.807) is 54.5 Å². The van der Waals surface area contributed by atoms with Gasteiger partial charge in [-0.3, -0.25) is 9.89 Å². The number of hydrogen-bond acceptors (Lipinski definition) is 3. The highest BCUT2D eigenvalue weighted by molar-refractivity contribution is 5.79. The zero-order valence-electron chi connectivity index (χ0n) is 13.7. The molecule has 0 radical (unpaired) electrons. The van der Waals surface area contributed by atoms with E-state index >= 15 is 0 Å². The first-order valence-corrected chi connectivity index (χ1v) is 7.83. The molecule has 6 heteroatoms. The molecular formula is C19H18FN3O2. The van der Waals surface area contributed by atoms with Crippen molar-refractivity contribution in [2.24, 2.45) is 0 Å². The summed E-state index contributed by atoms with van der Waals surface area (Å²) in [5.41, 5.74) is 2.97. The predicted molar refractivity (Wildman–Crippen MR) is 92.3 cm³/mol. The largest absolute Gasteiger partial charge is 0.508 e. The number of phenols is 1. The lowest BCUT2D eigenvalue weighted by molar-refractivity contribution is -0.129. The van der Waals surface area contributed by atoms with Gasteiger partial charge >= 0.3 is 0 Å². The van der Waals surface area contributed by atoms with Crippen LogP contribution in [0.2, 0.25) is 0 Å². The lowest BCUT2D eigenvalue weighted by atomic mass is 10.1. The van der Waals surface area contributed by atoms with Gasteiger partial charge < -0.3 is 10.0 Å². The molecule has 3 aromatic rings. The average molecular weight is 339 g/mol. The number of hydrogen-bond donors (Lipinski definition) is 2. The van der Waals surface area contributed by atoms with Crippen molar-refractivity contribution in [3.05, 3.63) is 71.7 Å². The molecule has 0 saturated heterocycles. The number of amides is 1. The SMILES string of the molecule is CN(Cc1cn[nH]c1-c1ccc(F)cc1)C(=O)Cc1ccccc1O. The minimum atomic E-state index is -0.306. The molecule has 128 valence electrons. The molecule has 25 heavy (non-hydrogen) atoms. The fourth-order valence-corrected chi connectivity index (χ4v) is 2.60. The van der Waals surface area contributed by atoms with Gasteiger partial charge in [0.25, 0.3) is 0 Å². The number of phenolic OH excluding ortho intramolecular Hbond substituents is 1. The van der Waals surface area contributed by atoms with Crippen molar-refractivity contribution in [3.8, 4) is 17.0 Å². The molecule has 0 saturated carbocycles. The lowest BCUT2D eigenvalue weighted by Crippen LogP contribution is -2.27. The van der Waals surface area contributed by atoms with Gasteiger partial charge in [-0.25, -0.2) is 4.39 Å². The van der Waals surface area contributed by atoms with Gasteiger partial charge in [-0.2, -0.15) is 5.10 Å². The van der Waals surface area contributed by atoms with Crippen LogP contribution in [0.3, 0.4) is 0 Å². The maximum absolute atomic E-state index is 13.1. The number of benzene rings is 2. The number of nitrogens with one attached hydrogen (secondary N) is 1. The Hall–Kier alpha value is -3.15. The summed E-state index contributed by atoms with van der Waals surface area (Å²) in [4.78, 5) is 14.0. The van der Waals surface area contributed by atoms with Gasteiger partial charge in [-0.05, 0) is 30.3 Å². The molecule has 0 fully saturated rings. The fourth-order valence-electron chi connectivity index (χ4n) is 2.60. The van der Waals surface area contributed by atoms with Crippen LogP contribution in [0, 0.1) is 5.82 Å². The molecule has 1 amide bonds. The highest BCUT2D eigenvalue weighted by Gasteiger charge is 2.15. The summed E-state index contributed by atoms with van der Waals surface area (Å²) < 4.78 is 13.1. The summed E-state index contributed by atoms with van der Waals surface area (Å²) in [5.74, 6) is -0.313. The topological polar surface area (TPSA) is 69.2 Å². The average Bonchev–Trinajstić information content (AvgIpc) is 3.05. The maximum atomic E-state index is 13.1. The van der Waals surface area contributed by atoms with E-state index in [9.17, 15) is 14.3 Å². The van der Waals surface area contributed by atoms with Crippen molar-refractivity contribution in [2.75, 3.05) is 7.05 Å². The van der Waals surface area contributed by atoms with Gasteiger partial charge in [0, 0.05) is 30.3 Å². The number of rotatable bonds is 5. The molecular weight excluding hydrogens is 321 g/mol. The van der Waals surface area contributed by atoms with Crippen LogP contribution in [-0.4, -0.2) is 33.2 Å². The number of likely N-dealkylation sites (N-methyl/N-ethyl adjacent to an activating group) is 1. The molecule has 1 heterocycles. The first-order valence-electron chi connectivity index (χ1n) is 7.83. The number of para-hydroxylation sites is 1. The maximum Gasteiger partial charge on any atom is 0.227 e. The quantitative estimate of drug-likeness (QED) is 0.750. The van der Waals surface area contributed by atoms with Gasteiger partial charge in [0.15, 0.2) is 0 Å². The van der Waals surface area contributed by atoms with Crippen molar-refractivity contribution < 1.29 is 14.3 Å². The Kier molecular flexibility index (Phi) is 4.79. The molecule has 0 spiro atoms. The first kappa shape index (κ1) is 16.7. The number of carbonyl (C=O) groups excluding carboxylic acids is 1. The predicted octanol–water partition coefficient (Wildman–Crippen LogP) is 3.12. The summed E-state index contributed by atoms with van der Waals surface area (Å²) in [6, 6.07) is 12.9. The second kappa shape index (κ2) is 7.17. The third kappa shape index (κ3) is 3.85. The van der Waals surface area contributed by atoms with Crippen LogP contribution in [0.1, 0.15) is 11.1 Å². The summed E-state index contributed by atoms with van der Waals surface area (Å²) in [6.07, 6.45) is 1.77. The number of nitrogens with zero attached hydrogens (tertiary/aromatic N) is 2. The van der Waals surface area contributed by atoms with E-state index in [0.29, 0.717) is 12.1 Å². The van der Waals surface area contributed by atoms with Gasteiger partial charge in [-0.15, -0.1) is 0 Å². The molecule has 2 N–H and O–H groups in total. The Morgan fingerprint density at radius 1 is 1.16 bits per heavy atom. The molecule has 0 atom stereocenters. The van der Waals surface area contributed by atoms with Crippen LogP contribution in [0.4, 0.5) is 4.39 Å². The molecule has 2 aromatic carbocycles. The summed E-state index contributed by atoms with van der Waals surface area (Å²) in [7, 11) is 1.70. The van der Waals surface area contributed by atoms with E-state index < -0.39 is 0 Å². The van der Waals surface area contributed by atoms with Crippen molar-refractivity contribution in [2.45, 2.75) is 13.0 Å². The lowest BCUT2D eigenvalue weighted by Gasteiger charge is -2.17. The summed E-state index contributed by atoms with van der Waals surface area (Å²) >= 11 is 0. The first-order chi connectivity index (χ1) is 12.0. The fraction of sp³-hybridized carbons (Fsp3) is 0.158. The third-order valence-corrected chi connectivity index (χ3v) is 4.02. The van der Waals surface area contributed by atoms with Crippen LogP contribution in [-0.2, 0) is 17.8 Å². The van der Waals surface area contributed by atoms with E-state index in [0.717, 1.165) is 16.8 Å². The second-order valence-electron chi connectivity index (χ2n) is 5.83. The molecule has 0 aliphatic heterocycles. The van der Waals surface area contributed by atoms with Crippen LogP contribution in [0.5, 0.6) is 5.75 Å². The van der Waals surface area contributed by atoms with Crippen molar-refractivity contribution >= 4 is 5.91 Å². The molecule has 0 aliphatic rings. The minimum Gasteiger partial charge on any atom is -0.508 e. The van der Waals surface area contributed by atoms with Gasteiger partial charge in [0.2, 0.25) is 5.91 Å². The molecule has 0 aliphatic carbocycles. The second-order valence-corrected chi connectivity index (χ2v) is 5.83. The van der Waals surface area contributed by atoms with Crippen molar-refractivity contribution in [3.63, 3.8) is 0 Å². The number of H-pyrrole nitrogens is 1. The Morgan fingerprint density at radius 3 is 2.60 bits per heavy atom. The Labute approximate surface area is 144 Å². The van der Waals surface area contributed by atoms with Crippen LogP contribution in [0.25, 0.3) is 11.3 Å². The molecule has 0 bridgehead atoms. The van der Waals surface area contributed by atoms with Crippen LogP contribution >= 0.6 is 0 Å². The highest BCUT2D eigenvalue weighted by atomic mass is 19.1. The Balaban J connectivity index is 1.72. The van der Waals surface area contributed by atoms with Crippen LogP contribution < -0.4 is 0 Å². The monoisotopic (exact) mass is 339 g/mol. The number of halogens is 1.